The van der Waals surface area contributed by atoms with Crippen molar-refractivity contribution in [2.45, 2.75) is 13.8 Å². The van der Waals surface area contributed by atoms with Crippen molar-refractivity contribution in [3.8, 4) is 17.3 Å². The first kappa shape index (κ1) is 23.3. The number of halogens is 2. The van der Waals surface area contributed by atoms with Crippen LogP contribution in [0.3, 0.4) is 0 Å². The molecule has 2 amide bonds. The number of hydrogen-bond acceptors (Lipinski definition) is 6. The lowest BCUT2D eigenvalue weighted by molar-refractivity contribution is -0.135. The fourth-order valence-corrected chi connectivity index (χ4v) is 2.58. The molecule has 0 unspecified atom stereocenters. The van der Waals surface area contributed by atoms with Gasteiger partial charge in [-0.1, -0.05) is 19.9 Å². The Labute approximate surface area is 173 Å². The molecule has 31 heavy (non-hydrogen) atoms. The Hall–Kier alpha value is -3.96. The van der Waals surface area contributed by atoms with Gasteiger partial charge in [-0.15, -0.1) is 0 Å². The molecule has 5 N–H and O–H groups in total. The van der Waals surface area contributed by atoms with Gasteiger partial charge in [-0.3, -0.25) is 19.2 Å². The highest BCUT2D eigenvalue weighted by atomic mass is 19.2. The third kappa shape index (κ3) is 4.79. The SMILES string of the molecule is CC(C)CNC(=O)c1c(O)c(C(=O)NCC(=O)O)c(O)n(-c2cccc(F)c2F)c1=O. The normalized spacial score (nSPS) is 10.7. The molecule has 10 nitrogen and oxygen atoms in total. The van der Waals surface area contributed by atoms with Gasteiger partial charge in [0.15, 0.2) is 17.4 Å². The van der Waals surface area contributed by atoms with Crippen LogP contribution in [0.4, 0.5) is 8.78 Å². The van der Waals surface area contributed by atoms with Crippen LogP contribution in [0.5, 0.6) is 11.6 Å². The van der Waals surface area contributed by atoms with Crippen LogP contribution in [-0.4, -0.2) is 50.8 Å². The van der Waals surface area contributed by atoms with Crippen LogP contribution < -0.4 is 16.2 Å². The number of aromatic nitrogens is 1. The summed E-state index contributed by atoms with van der Waals surface area (Å²) >= 11 is 0. The van der Waals surface area contributed by atoms with Gasteiger partial charge in [0.1, 0.15) is 17.7 Å². The first-order valence-electron chi connectivity index (χ1n) is 8.90. The topological polar surface area (TPSA) is 158 Å². The minimum atomic E-state index is -1.57. The Morgan fingerprint density at radius 3 is 2.26 bits per heavy atom. The molecule has 0 aliphatic carbocycles. The number of aromatic hydroxyl groups is 2. The molecule has 0 spiro atoms. The lowest BCUT2D eigenvalue weighted by Crippen LogP contribution is -2.37. The van der Waals surface area contributed by atoms with Crippen molar-refractivity contribution < 1.29 is 38.5 Å². The van der Waals surface area contributed by atoms with Crippen molar-refractivity contribution in [1.29, 1.82) is 0 Å². The van der Waals surface area contributed by atoms with E-state index in [9.17, 15) is 38.2 Å². The molecular weight excluding hydrogens is 420 g/mol. The van der Waals surface area contributed by atoms with Gasteiger partial charge >= 0.3 is 5.97 Å². The predicted octanol–water partition coefficient (Wildman–Crippen LogP) is 0.727. The smallest absolute Gasteiger partial charge is 0.322 e. The summed E-state index contributed by atoms with van der Waals surface area (Å²) < 4.78 is 28.2. The molecule has 0 saturated carbocycles. The molecule has 1 heterocycles. The van der Waals surface area contributed by atoms with E-state index in [0.717, 1.165) is 18.2 Å². The molecule has 2 aromatic rings. The van der Waals surface area contributed by atoms with Crippen molar-refractivity contribution in [1.82, 2.24) is 15.2 Å². The van der Waals surface area contributed by atoms with E-state index in [1.165, 1.54) is 0 Å². The maximum Gasteiger partial charge on any atom is 0.322 e. The highest BCUT2D eigenvalue weighted by molar-refractivity contribution is 6.05. The second-order valence-corrected chi connectivity index (χ2v) is 6.82. The van der Waals surface area contributed by atoms with Gasteiger partial charge < -0.3 is 26.0 Å². The Balaban J connectivity index is 2.82. The lowest BCUT2D eigenvalue weighted by atomic mass is 10.1. The largest absolute Gasteiger partial charge is 0.506 e. The van der Waals surface area contributed by atoms with Crippen molar-refractivity contribution in [3.05, 3.63) is 51.3 Å². The number of carboxylic acid groups (broad SMARTS) is 1. The van der Waals surface area contributed by atoms with Gasteiger partial charge in [0.25, 0.3) is 17.4 Å². The molecule has 12 heteroatoms. The van der Waals surface area contributed by atoms with E-state index in [4.69, 9.17) is 5.11 Å². The predicted molar refractivity (Wildman–Crippen MR) is 102 cm³/mol. The molecule has 0 bridgehead atoms. The summed E-state index contributed by atoms with van der Waals surface area (Å²) in [6.45, 7) is 2.61. The van der Waals surface area contributed by atoms with E-state index in [1.54, 1.807) is 13.8 Å². The van der Waals surface area contributed by atoms with Gasteiger partial charge in [-0.25, -0.2) is 13.3 Å². The van der Waals surface area contributed by atoms with Crippen molar-refractivity contribution in [3.63, 3.8) is 0 Å². The van der Waals surface area contributed by atoms with Crippen molar-refractivity contribution >= 4 is 17.8 Å². The molecule has 0 aliphatic heterocycles. The summed E-state index contributed by atoms with van der Waals surface area (Å²) in [5.41, 5.74) is -4.37. The monoisotopic (exact) mass is 439 g/mol. The number of nitrogens with one attached hydrogen (secondary N) is 2. The van der Waals surface area contributed by atoms with Gasteiger partial charge in [0.2, 0.25) is 5.88 Å². The summed E-state index contributed by atoms with van der Waals surface area (Å²) in [6.07, 6.45) is 0. The lowest BCUT2D eigenvalue weighted by Gasteiger charge is -2.17. The number of carbonyl (C=O) groups is 3. The van der Waals surface area contributed by atoms with Crippen LogP contribution >= 0.6 is 0 Å². The molecule has 0 fully saturated rings. The van der Waals surface area contributed by atoms with Crippen LogP contribution in [-0.2, 0) is 4.79 Å². The summed E-state index contributed by atoms with van der Waals surface area (Å²) in [5, 5.41) is 33.7. The fourth-order valence-electron chi connectivity index (χ4n) is 2.58. The maximum atomic E-state index is 14.3. The van der Waals surface area contributed by atoms with E-state index in [1.807, 2.05) is 5.32 Å². The molecule has 1 aromatic carbocycles. The Morgan fingerprint density at radius 1 is 1.06 bits per heavy atom. The van der Waals surface area contributed by atoms with E-state index >= 15 is 0 Å². The molecule has 2 rings (SSSR count). The van der Waals surface area contributed by atoms with E-state index in [-0.39, 0.29) is 17.0 Å². The van der Waals surface area contributed by atoms with E-state index in [0.29, 0.717) is 0 Å². The van der Waals surface area contributed by atoms with Gasteiger partial charge in [-0.2, -0.15) is 0 Å². The zero-order valence-corrected chi connectivity index (χ0v) is 16.4. The van der Waals surface area contributed by atoms with Crippen LogP contribution in [0.15, 0.2) is 23.0 Å². The number of nitrogens with zero attached hydrogens (tertiary/aromatic N) is 1. The molecule has 0 saturated heterocycles. The third-order valence-electron chi connectivity index (χ3n) is 4.02. The highest BCUT2D eigenvalue weighted by Gasteiger charge is 2.31. The number of rotatable bonds is 7. The molecule has 1 aromatic heterocycles. The number of aliphatic carboxylic acids is 1. The maximum absolute atomic E-state index is 14.3. The molecule has 166 valence electrons. The number of pyridine rings is 1. The summed E-state index contributed by atoms with van der Waals surface area (Å²) in [6, 6.07) is 2.64. The molecular formula is C19H19F2N3O7. The third-order valence-corrected chi connectivity index (χ3v) is 4.02. The summed E-state index contributed by atoms with van der Waals surface area (Å²) in [4.78, 5) is 48.5. The van der Waals surface area contributed by atoms with Gasteiger partial charge in [-0.05, 0) is 18.1 Å². The number of amides is 2. The van der Waals surface area contributed by atoms with E-state index in [2.05, 4.69) is 5.32 Å². The van der Waals surface area contributed by atoms with Crippen LogP contribution in [0.2, 0.25) is 0 Å². The van der Waals surface area contributed by atoms with Crippen molar-refractivity contribution in [2.75, 3.05) is 13.1 Å². The Kier molecular flexibility index (Phi) is 6.95. The number of benzene rings is 1. The molecule has 0 aliphatic rings. The van der Waals surface area contributed by atoms with Crippen LogP contribution in [0.1, 0.15) is 34.6 Å². The Bertz CT molecular complexity index is 1110. The van der Waals surface area contributed by atoms with E-state index < -0.39 is 70.0 Å². The van der Waals surface area contributed by atoms with Crippen LogP contribution in [0.25, 0.3) is 5.69 Å². The number of hydrogen-bond donors (Lipinski definition) is 5. The Morgan fingerprint density at radius 2 is 1.68 bits per heavy atom. The number of carboxylic acids is 1. The average molecular weight is 439 g/mol. The zero-order valence-electron chi connectivity index (χ0n) is 16.4. The molecule has 0 atom stereocenters. The van der Waals surface area contributed by atoms with Crippen LogP contribution in [0, 0.1) is 17.6 Å². The first-order chi connectivity index (χ1) is 14.5. The van der Waals surface area contributed by atoms with Crippen molar-refractivity contribution in [2.24, 2.45) is 5.92 Å². The summed E-state index contributed by atoms with van der Waals surface area (Å²) in [5.74, 6) is -9.59. The van der Waals surface area contributed by atoms with Gasteiger partial charge in [0.05, 0.1) is 5.69 Å². The average Bonchev–Trinajstić information content (AvgIpc) is 2.67. The highest BCUT2D eigenvalue weighted by Crippen LogP contribution is 2.31. The van der Waals surface area contributed by atoms with Gasteiger partial charge in [0, 0.05) is 6.54 Å². The standard InChI is InChI=1S/C19H19F2N3O7/c1-8(2)6-22-16(28)12-15(27)13(17(29)23-7-11(25)26)19(31)24(18(12)30)10-5-3-4-9(20)14(10)21/h3-5,8,27,31H,6-7H2,1-2H3,(H,22,28)(H,23,29)(H,25,26). The minimum Gasteiger partial charge on any atom is -0.506 e. The fraction of sp³-hybridized carbons (Fsp3) is 0.263. The second kappa shape index (κ2) is 9.24. The summed E-state index contributed by atoms with van der Waals surface area (Å²) in [7, 11) is 0. The minimum absolute atomic E-state index is 0.0630. The zero-order chi connectivity index (χ0) is 23.5. The second-order valence-electron chi connectivity index (χ2n) is 6.82. The number of carbonyl (C=O) groups excluding carboxylic acids is 2. The molecule has 0 radical (unpaired) electrons. The quantitative estimate of drug-likeness (QED) is 0.425. The first-order valence-corrected chi connectivity index (χ1v) is 8.90.